The van der Waals surface area contributed by atoms with E-state index in [0.29, 0.717) is 23.3 Å². The highest BCUT2D eigenvalue weighted by Crippen LogP contribution is 2.27. The first-order valence-corrected chi connectivity index (χ1v) is 9.11. The fourth-order valence-electron chi connectivity index (χ4n) is 2.43. The van der Waals surface area contributed by atoms with Gasteiger partial charge < -0.3 is 4.74 Å². The van der Waals surface area contributed by atoms with Gasteiger partial charge in [-0.3, -0.25) is 0 Å². The van der Waals surface area contributed by atoms with Gasteiger partial charge in [-0.2, -0.15) is 4.31 Å². The highest BCUT2D eigenvalue weighted by atomic mass is 79.9. The van der Waals surface area contributed by atoms with Gasteiger partial charge in [0.05, 0.1) is 16.6 Å². The van der Waals surface area contributed by atoms with Crippen molar-refractivity contribution in [1.82, 2.24) is 4.31 Å². The van der Waals surface area contributed by atoms with E-state index in [1.165, 1.54) is 4.31 Å². The van der Waals surface area contributed by atoms with Crippen molar-refractivity contribution in [3.05, 3.63) is 29.8 Å². The van der Waals surface area contributed by atoms with E-state index < -0.39 is 15.6 Å². The maximum atomic E-state index is 12.7. The van der Waals surface area contributed by atoms with Crippen molar-refractivity contribution in [2.75, 3.05) is 18.4 Å². The van der Waals surface area contributed by atoms with E-state index in [2.05, 4.69) is 15.9 Å². The molecule has 20 heavy (non-hydrogen) atoms. The van der Waals surface area contributed by atoms with Crippen LogP contribution in [0.5, 0.6) is 0 Å². The molecule has 1 unspecified atom stereocenters. The first-order valence-electron chi connectivity index (χ1n) is 6.55. The lowest BCUT2D eigenvalue weighted by Gasteiger charge is -2.41. The summed E-state index contributed by atoms with van der Waals surface area (Å²) in [5.74, 6) is 0. The van der Waals surface area contributed by atoms with E-state index >= 15 is 0 Å². The number of morpholine rings is 1. The number of alkyl halides is 1. The molecular weight excluding hydrogens is 342 g/mol. The standard InChI is InChI=1S/C14H20BrNO3S/c1-11-5-4-6-13(7-11)20(17,18)16-9-12(8-15)19-14(2,3)10-16/h4-7,12H,8-10H2,1-3H3. The van der Waals surface area contributed by atoms with Crippen LogP contribution in [0.2, 0.25) is 0 Å². The summed E-state index contributed by atoms with van der Waals surface area (Å²) in [4.78, 5) is 0.350. The van der Waals surface area contributed by atoms with Crippen molar-refractivity contribution in [3.63, 3.8) is 0 Å². The van der Waals surface area contributed by atoms with Gasteiger partial charge in [0.1, 0.15) is 0 Å². The summed E-state index contributed by atoms with van der Waals surface area (Å²) in [6, 6.07) is 7.02. The lowest BCUT2D eigenvalue weighted by molar-refractivity contribution is -0.106. The van der Waals surface area contributed by atoms with E-state index in [-0.39, 0.29) is 6.10 Å². The molecule has 1 atom stereocenters. The van der Waals surface area contributed by atoms with Crippen LogP contribution in [-0.2, 0) is 14.8 Å². The van der Waals surface area contributed by atoms with Crippen LogP contribution in [0.15, 0.2) is 29.2 Å². The Kier molecular flexibility index (Phi) is 4.59. The highest BCUT2D eigenvalue weighted by Gasteiger charge is 2.38. The minimum absolute atomic E-state index is 0.127. The van der Waals surface area contributed by atoms with Gasteiger partial charge in [-0.25, -0.2) is 8.42 Å². The van der Waals surface area contributed by atoms with E-state index in [0.717, 1.165) is 5.56 Å². The number of ether oxygens (including phenoxy) is 1. The molecule has 1 aromatic rings. The van der Waals surface area contributed by atoms with Gasteiger partial charge in [0.15, 0.2) is 0 Å². The summed E-state index contributed by atoms with van der Waals surface area (Å²) >= 11 is 3.38. The molecule has 112 valence electrons. The quantitative estimate of drug-likeness (QED) is 0.777. The smallest absolute Gasteiger partial charge is 0.243 e. The Morgan fingerprint density at radius 3 is 2.75 bits per heavy atom. The molecule has 0 saturated carbocycles. The second-order valence-corrected chi connectivity index (χ2v) is 8.35. The molecule has 0 spiro atoms. The molecule has 0 aromatic heterocycles. The maximum Gasteiger partial charge on any atom is 0.243 e. The van der Waals surface area contributed by atoms with Crippen LogP contribution in [0, 0.1) is 6.92 Å². The SMILES string of the molecule is Cc1cccc(S(=O)(=O)N2CC(CBr)OC(C)(C)C2)c1. The predicted molar refractivity (Wildman–Crippen MR) is 82.7 cm³/mol. The van der Waals surface area contributed by atoms with Crippen LogP contribution in [0.25, 0.3) is 0 Å². The lowest BCUT2D eigenvalue weighted by atomic mass is 10.1. The van der Waals surface area contributed by atoms with E-state index in [4.69, 9.17) is 4.74 Å². The average molecular weight is 362 g/mol. The van der Waals surface area contributed by atoms with Crippen molar-refractivity contribution in [3.8, 4) is 0 Å². The molecule has 1 heterocycles. The molecule has 6 heteroatoms. The van der Waals surface area contributed by atoms with Crippen LogP contribution in [0.4, 0.5) is 0 Å². The third-order valence-electron chi connectivity index (χ3n) is 3.25. The molecule has 0 amide bonds. The Labute approximate surface area is 129 Å². The lowest BCUT2D eigenvalue weighted by Crippen LogP contribution is -2.54. The number of halogens is 1. The Morgan fingerprint density at radius 1 is 1.45 bits per heavy atom. The minimum atomic E-state index is -3.47. The third-order valence-corrected chi connectivity index (χ3v) is 5.78. The molecule has 1 aromatic carbocycles. The van der Waals surface area contributed by atoms with Gasteiger partial charge in [0.2, 0.25) is 10.0 Å². The van der Waals surface area contributed by atoms with E-state index in [1.807, 2.05) is 26.8 Å². The molecule has 0 aliphatic carbocycles. The number of aryl methyl sites for hydroxylation is 1. The van der Waals surface area contributed by atoms with E-state index in [1.54, 1.807) is 18.2 Å². The Morgan fingerprint density at radius 2 is 2.15 bits per heavy atom. The maximum absolute atomic E-state index is 12.7. The van der Waals surface area contributed by atoms with Crippen LogP contribution in [0.1, 0.15) is 19.4 Å². The molecule has 1 aliphatic rings. The van der Waals surface area contributed by atoms with Crippen molar-refractivity contribution < 1.29 is 13.2 Å². The fourth-order valence-corrected chi connectivity index (χ4v) is 4.49. The second-order valence-electron chi connectivity index (χ2n) is 5.77. The topological polar surface area (TPSA) is 46.6 Å². The summed E-state index contributed by atoms with van der Waals surface area (Å²) in [5, 5.41) is 0.621. The van der Waals surface area contributed by atoms with Gasteiger partial charge in [0.25, 0.3) is 0 Å². The zero-order chi connectivity index (χ0) is 15.0. The highest BCUT2D eigenvalue weighted by molar-refractivity contribution is 9.09. The summed E-state index contributed by atoms with van der Waals surface area (Å²) in [6.45, 7) is 6.47. The molecule has 1 aliphatic heterocycles. The van der Waals surface area contributed by atoms with Crippen LogP contribution >= 0.6 is 15.9 Å². The summed E-state index contributed by atoms with van der Waals surface area (Å²) in [6.07, 6.45) is -0.127. The number of hydrogen-bond acceptors (Lipinski definition) is 3. The number of benzene rings is 1. The zero-order valence-corrected chi connectivity index (χ0v) is 14.4. The van der Waals surface area contributed by atoms with E-state index in [9.17, 15) is 8.42 Å². The molecule has 2 rings (SSSR count). The van der Waals surface area contributed by atoms with Crippen LogP contribution in [0.3, 0.4) is 0 Å². The molecule has 1 saturated heterocycles. The number of hydrogen-bond donors (Lipinski definition) is 0. The number of nitrogens with zero attached hydrogens (tertiary/aromatic N) is 1. The molecule has 0 bridgehead atoms. The Hall–Kier alpha value is -0.430. The molecule has 1 fully saturated rings. The normalized spacial score (nSPS) is 23.7. The second kappa shape index (κ2) is 5.75. The summed E-state index contributed by atoms with van der Waals surface area (Å²) in [5.41, 5.74) is 0.462. The predicted octanol–water partition coefficient (Wildman–Crippen LogP) is 2.56. The largest absolute Gasteiger partial charge is 0.369 e. The fraction of sp³-hybridized carbons (Fsp3) is 0.571. The molecular formula is C14H20BrNO3S. The van der Waals surface area contributed by atoms with Gasteiger partial charge >= 0.3 is 0 Å². The minimum Gasteiger partial charge on any atom is -0.369 e. The van der Waals surface area contributed by atoms with Gasteiger partial charge in [-0.15, -0.1) is 0 Å². The van der Waals surface area contributed by atoms with Gasteiger partial charge in [0, 0.05) is 18.4 Å². The van der Waals surface area contributed by atoms with Crippen molar-refractivity contribution >= 4 is 26.0 Å². The first kappa shape index (κ1) is 15.9. The average Bonchev–Trinajstić information content (AvgIpc) is 2.36. The van der Waals surface area contributed by atoms with Crippen molar-refractivity contribution in [1.29, 1.82) is 0 Å². The molecule has 4 nitrogen and oxygen atoms in total. The molecule has 0 radical (unpaired) electrons. The van der Waals surface area contributed by atoms with Crippen molar-refractivity contribution in [2.24, 2.45) is 0 Å². The third kappa shape index (κ3) is 3.42. The summed E-state index contributed by atoms with van der Waals surface area (Å²) in [7, 11) is -3.47. The number of rotatable bonds is 3. The van der Waals surface area contributed by atoms with Crippen LogP contribution < -0.4 is 0 Å². The van der Waals surface area contributed by atoms with Crippen molar-refractivity contribution in [2.45, 2.75) is 37.4 Å². The zero-order valence-electron chi connectivity index (χ0n) is 12.0. The number of sulfonamides is 1. The Balaban J connectivity index is 2.33. The Bertz CT molecular complexity index is 586. The first-order chi connectivity index (χ1) is 9.24. The summed E-state index contributed by atoms with van der Waals surface area (Å²) < 4.78 is 32.9. The van der Waals surface area contributed by atoms with Gasteiger partial charge in [-0.05, 0) is 38.5 Å². The van der Waals surface area contributed by atoms with Crippen LogP contribution in [-0.4, -0.2) is 42.8 Å². The monoisotopic (exact) mass is 361 g/mol. The van der Waals surface area contributed by atoms with Gasteiger partial charge in [-0.1, -0.05) is 28.1 Å². The molecule has 0 N–H and O–H groups in total.